The second kappa shape index (κ2) is 5.56. The van der Waals surface area contributed by atoms with Crippen LogP contribution in [-0.4, -0.2) is 13.1 Å². The van der Waals surface area contributed by atoms with Crippen LogP contribution in [-0.2, 0) is 9.53 Å². The van der Waals surface area contributed by atoms with Crippen LogP contribution in [0.15, 0.2) is 30.3 Å². The van der Waals surface area contributed by atoms with Crippen molar-refractivity contribution in [3.63, 3.8) is 0 Å². The summed E-state index contributed by atoms with van der Waals surface area (Å²) in [5, 5.41) is 0.687. The molecule has 0 unspecified atom stereocenters. The predicted molar refractivity (Wildman–Crippen MR) is 61.7 cm³/mol. The molecule has 0 heterocycles. The SMILES string of the molecule is CCC(=CC(=O)OC)c1ccc(Cl)cc1. The van der Waals surface area contributed by atoms with Gasteiger partial charge in [-0.15, -0.1) is 0 Å². The van der Waals surface area contributed by atoms with Gasteiger partial charge in [-0.25, -0.2) is 4.79 Å². The number of hydrogen-bond acceptors (Lipinski definition) is 2. The van der Waals surface area contributed by atoms with E-state index in [1.54, 1.807) is 12.1 Å². The first-order valence-electron chi connectivity index (χ1n) is 4.71. The highest BCUT2D eigenvalue weighted by Crippen LogP contribution is 2.20. The zero-order valence-electron chi connectivity index (χ0n) is 8.79. The van der Waals surface area contributed by atoms with Crippen LogP contribution in [0.5, 0.6) is 0 Å². The van der Waals surface area contributed by atoms with E-state index in [1.165, 1.54) is 13.2 Å². The highest BCUT2D eigenvalue weighted by atomic mass is 35.5. The van der Waals surface area contributed by atoms with Gasteiger partial charge in [0.2, 0.25) is 0 Å². The van der Waals surface area contributed by atoms with Crippen molar-refractivity contribution >= 4 is 23.1 Å². The van der Waals surface area contributed by atoms with Crippen molar-refractivity contribution in [2.75, 3.05) is 7.11 Å². The van der Waals surface area contributed by atoms with Crippen LogP contribution >= 0.6 is 11.6 Å². The van der Waals surface area contributed by atoms with Crippen LogP contribution in [0, 0.1) is 0 Å². The minimum absolute atomic E-state index is 0.332. The molecule has 0 spiro atoms. The summed E-state index contributed by atoms with van der Waals surface area (Å²) in [4.78, 5) is 11.1. The lowest BCUT2D eigenvalue weighted by Gasteiger charge is -2.04. The number of methoxy groups -OCH3 is 1. The van der Waals surface area contributed by atoms with Crippen LogP contribution in [0.3, 0.4) is 0 Å². The van der Waals surface area contributed by atoms with E-state index in [0.717, 1.165) is 17.6 Å². The molecule has 0 radical (unpaired) electrons. The molecule has 1 aromatic rings. The fourth-order valence-electron chi connectivity index (χ4n) is 1.25. The molecular weight excluding hydrogens is 212 g/mol. The van der Waals surface area contributed by atoms with Gasteiger partial charge in [0, 0.05) is 11.1 Å². The third-order valence-corrected chi connectivity index (χ3v) is 2.34. The van der Waals surface area contributed by atoms with Gasteiger partial charge < -0.3 is 4.74 Å². The number of allylic oxidation sites excluding steroid dienone is 1. The molecule has 2 nitrogen and oxygen atoms in total. The van der Waals surface area contributed by atoms with Crippen molar-refractivity contribution in [1.82, 2.24) is 0 Å². The minimum atomic E-state index is -0.332. The summed E-state index contributed by atoms with van der Waals surface area (Å²) in [6.07, 6.45) is 2.28. The molecule has 1 aromatic carbocycles. The average molecular weight is 225 g/mol. The molecule has 15 heavy (non-hydrogen) atoms. The van der Waals surface area contributed by atoms with Gasteiger partial charge in [-0.2, -0.15) is 0 Å². The zero-order chi connectivity index (χ0) is 11.3. The zero-order valence-corrected chi connectivity index (χ0v) is 9.54. The van der Waals surface area contributed by atoms with Crippen molar-refractivity contribution in [3.05, 3.63) is 40.9 Å². The molecular formula is C12H13ClO2. The number of carbonyl (C=O) groups is 1. The molecule has 0 amide bonds. The fourth-order valence-corrected chi connectivity index (χ4v) is 1.38. The second-order valence-electron chi connectivity index (χ2n) is 3.05. The first-order chi connectivity index (χ1) is 7.17. The van der Waals surface area contributed by atoms with Crippen molar-refractivity contribution in [2.24, 2.45) is 0 Å². The van der Waals surface area contributed by atoms with E-state index in [9.17, 15) is 4.79 Å². The van der Waals surface area contributed by atoms with Gasteiger partial charge in [0.05, 0.1) is 7.11 Å². The summed E-state index contributed by atoms with van der Waals surface area (Å²) >= 11 is 5.78. The summed E-state index contributed by atoms with van der Waals surface area (Å²) in [6, 6.07) is 7.39. The van der Waals surface area contributed by atoms with E-state index in [1.807, 2.05) is 19.1 Å². The molecule has 0 aliphatic carbocycles. The third-order valence-electron chi connectivity index (χ3n) is 2.09. The topological polar surface area (TPSA) is 26.3 Å². The molecule has 1 rings (SSSR count). The van der Waals surface area contributed by atoms with E-state index >= 15 is 0 Å². The van der Waals surface area contributed by atoms with E-state index < -0.39 is 0 Å². The minimum Gasteiger partial charge on any atom is -0.466 e. The van der Waals surface area contributed by atoms with E-state index in [0.29, 0.717) is 5.02 Å². The average Bonchev–Trinajstić information content (AvgIpc) is 2.27. The van der Waals surface area contributed by atoms with E-state index in [4.69, 9.17) is 11.6 Å². The highest BCUT2D eigenvalue weighted by Gasteiger charge is 2.02. The van der Waals surface area contributed by atoms with Crippen LogP contribution in [0.1, 0.15) is 18.9 Å². The normalized spacial score (nSPS) is 11.3. The largest absolute Gasteiger partial charge is 0.466 e. The monoisotopic (exact) mass is 224 g/mol. The number of benzene rings is 1. The molecule has 0 saturated carbocycles. The molecule has 0 fully saturated rings. The van der Waals surface area contributed by atoms with Gasteiger partial charge in [-0.3, -0.25) is 0 Å². The fraction of sp³-hybridized carbons (Fsp3) is 0.250. The molecule has 0 atom stereocenters. The number of ether oxygens (including phenoxy) is 1. The maximum Gasteiger partial charge on any atom is 0.330 e. The van der Waals surface area contributed by atoms with Crippen molar-refractivity contribution in [3.8, 4) is 0 Å². The van der Waals surface area contributed by atoms with Gasteiger partial charge >= 0.3 is 5.97 Å². The number of halogens is 1. The highest BCUT2D eigenvalue weighted by molar-refractivity contribution is 6.30. The van der Waals surface area contributed by atoms with Gasteiger partial charge in [0.1, 0.15) is 0 Å². The Kier molecular flexibility index (Phi) is 4.37. The number of carbonyl (C=O) groups excluding carboxylic acids is 1. The van der Waals surface area contributed by atoms with Gasteiger partial charge in [0.25, 0.3) is 0 Å². The van der Waals surface area contributed by atoms with Gasteiger partial charge in [0.15, 0.2) is 0 Å². The summed E-state index contributed by atoms with van der Waals surface area (Å²) in [6.45, 7) is 1.99. The lowest BCUT2D eigenvalue weighted by molar-refractivity contribution is -0.134. The Hall–Kier alpha value is -1.28. The maximum atomic E-state index is 11.1. The Morgan fingerprint density at radius 3 is 2.47 bits per heavy atom. The Morgan fingerprint density at radius 2 is 2.00 bits per heavy atom. The van der Waals surface area contributed by atoms with Crippen LogP contribution in [0.2, 0.25) is 5.02 Å². The standard InChI is InChI=1S/C12H13ClO2/c1-3-9(8-12(14)15-2)10-4-6-11(13)7-5-10/h4-8H,3H2,1-2H3. The molecule has 0 bridgehead atoms. The first kappa shape index (κ1) is 11.8. The summed E-state index contributed by atoms with van der Waals surface area (Å²) < 4.78 is 4.59. The molecule has 0 aromatic heterocycles. The number of hydrogen-bond donors (Lipinski definition) is 0. The Labute approximate surface area is 94.5 Å². The Morgan fingerprint density at radius 1 is 1.40 bits per heavy atom. The maximum absolute atomic E-state index is 11.1. The lowest BCUT2D eigenvalue weighted by Crippen LogP contribution is -1.96. The molecule has 0 saturated heterocycles. The van der Waals surface area contributed by atoms with Crippen LogP contribution in [0.25, 0.3) is 5.57 Å². The molecule has 3 heteroatoms. The van der Waals surface area contributed by atoms with Crippen LogP contribution in [0.4, 0.5) is 0 Å². The quantitative estimate of drug-likeness (QED) is 0.582. The summed E-state index contributed by atoms with van der Waals surface area (Å²) in [5.74, 6) is -0.332. The van der Waals surface area contributed by atoms with Gasteiger partial charge in [-0.05, 0) is 29.7 Å². The Balaban J connectivity index is 2.97. The molecule has 0 N–H and O–H groups in total. The van der Waals surface area contributed by atoms with Crippen molar-refractivity contribution in [1.29, 1.82) is 0 Å². The second-order valence-corrected chi connectivity index (χ2v) is 3.49. The smallest absolute Gasteiger partial charge is 0.330 e. The van der Waals surface area contributed by atoms with Crippen LogP contribution < -0.4 is 0 Å². The molecule has 80 valence electrons. The number of esters is 1. The first-order valence-corrected chi connectivity index (χ1v) is 5.09. The van der Waals surface area contributed by atoms with E-state index in [2.05, 4.69) is 4.74 Å². The summed E-state index contributed by atoms with van der Waals surface area (Å²) in [7, 11) is 1.37. The summed E-state index contributed by atoms with van der Waals surface area (Å²) in [5.41, 5.74) is 1.94. The van der Waals surface area contributed by atoms with E-state index in [-0.39, 0.29) is 5.97 Å². The number of rotatable bonds is 3. The molecule has 0 aliphatic heterocycles. The predicted octanol–water partition coefficient (Wildman–Crippen LogP) is 3.31. The van der Waals surface area contributed by atoms with Gasteiger partial charge in [-0.1, -0.05) is 30.7 Å². The van der Waals surface area contributed by atoms with Crippen molar-refractivity contribution < 1.29 is 9.53 Å². The third kappa shape index (κ3) is 3.40. The Bertz CT molecular complexity index is 366. The molecule has 0 aliphatic rings. The van der Waals surface area contributed by atoms with Crippen molar-refractivity contribution in [2.45, 2.75) is 13.3 Å². The lowest BCUT2D eigenvalue weighted by atomic mass is 10.0.